The first kappa shape index (κ1) is 11.6. The molecule has 5 heteroatoms. The second kappa shape index (κ2) is 4.95. The van der Waals surface area contributed by atoms with E-state index in [1.807, 2.05) is 13.0 Å². The maximum atomic E-state index is 11.8. The van der Waals surface area contributed by atoms with E-state index in [-0.39, 0.29) is 17.7 Å². The van der Waals surface area contributed by atoms with Gasteiger partial charge in [-0.2, -0.15) is 0 Å². The molecule has 90 valence electrons. The topological polar surface area (TPSA) is 71.1 Å². The lowest BCUT2D eigenvalue weighted by Crippen LogP contribution is -2.31. The van der Waals surface area contributed by atoms with E-state index in [0.29, 0.717) is 19.5 Å². The van der Waals surface area contributed by atoms with Crippen LogP contribution in [0.3, 0.4) is 0 Å². The molecule has 0 bridgehead atoms. The van der Waals surface area contributed by atoms with Gasteiger partial charge in [-0.05, 0) is 24.1 Å². The highest BCUT2D eigenvalue weighted by atomic mass is 16.2. The van der Waals surface area contributed by atoms with E-state index >= 15 is 0 Å². The molecule has 1 fully saturated rings. The summed E-state index contributed by atoms with van der Waals surface area (Å²) in [5.41, 5.74) is 2.10. The zero-order valence-corrected chi connectivity index (χ0v) is 9.69. The molecule has 5 nitrogen and oxygen atoms in total. The Hall–Kier alpha value is -1.91. The third-order valence-corrected chi connectivity index (χ3v) is 2.94. The highest BCUT2D eigenvalue weighted by molar-refractivity contribution is 5.89. The molecule has 0 aromatic carbocycles. The minimum absolute atomic E-state index is 0.0507. The van der Waals surface area contributed by atoms with Crippen LogP contribution in [0, 0.1) is 12.8 Å². The van der Waals surface area contributed by atoms with Crippen molar-refractivity contribution in [3.63, 3.8) is 0 Å². The second-order valence-corrected chi connectivity index (χ2v) is 4.23. The number of hydrogen-bond donors (Lipinski definition) is 2. The van der Waals surface area contributed by atoms with Gasteiger partial charge in [-0.25, -0.2) is 0 Å². The summed E-state index contributed by atoms with van der Waals surface area (Å²) in [4.78, 5) is 26.7. The summed E-state index contributed by atoms with van der Waals surface area (Å²) in [6.45, 7) is 2.88. The predicted octanol–water partition coefficient (Wildman–Crippen LogP) is 0.142. The molecule has 0 saturated carbocycles. The number of hydrogen-bond acceptors (Lipinski definition) is 3. The average molecular weight is 233 g/mol. The molecule has 2 rings (SSSR count). The molecule has 1 aliphatic heterocycles. The van der Waals surface area contributed by atoms with Gasteiger partial charge in [0.15, 0.2) is 0 Å². The maximum Gasteiger partial charge on any atom is 0.225 e. The zero-order valence-electron chi connectivity index (χ0n) is 9.69. The minimum atomic E-state index is -0.232. The Morgan fingerprint density at radius 2 is 2.47 bits per heavy atom. The van der Waals surface area contributed by atoms with Crippen LogP contribution >= 0.6 is 0 Å². The molecule has 0 aliphatic carbocycles. The Morgan fingerprint density at radius 1 is 1.65 bits per heavy atom. The molecule has 1 aromatic heterocycles. The summed E-state index contributed by atoms with van der Waals surface area (Å²) in [5, 5.41) is 5.49. The van der Waals surface area contributed by atoms with Crippen molar-refractivity contribution in [2.45, 2.75) is 19.9 Å². The van der Waals surface area contributed by atoms with Crippen molar-refractivity contribution in [3.8, 4) is 0 Å². The average Bonchev–Trinajstić information content (AvgIpc) is 2.74. The molecule has 1 atom stereocenters. The smallest absolute Gasteiger partial charge is 0.225 e. The van der Waals surface area contributed by atoms with Gasteiger partial charge in [0.05, 0.1) is 5.92 Å². The van der Waals surface area contributed by atoms with Crippen molar-refractivity contribution in [2.24, 2.45) is 5.92 Å². The summed E-state index contributed by atoms with van der Waals surface area (Å²) in [7, 11) is 0. The zero-order chi connectivity index (χ0) is 12.3. The molecule has 17 heavy (non-hydrogen) atoms. The fourth-order valence-electron chi connectivity index (χ4n) is 1.82. The van der Waals surface area contributed by atoms with Crippen molar-refractivity contribution in [2.75, 3.05) is 6.54 Å². The van der Waals surface area contributed by atoms with Crippen molar-refractivity contribution in [1.82, 2.24) is 15.6 Å². The third-order valence-electron chi connectivity index (χ3n) is 2.94. The van der Waals surface area contributed by atoms with E-state index in [9.17, 15) is 9.59 Å². The number of pyridine rings is 1. The van der Waals surface area contributed by atoms with E-state index in [4.69, 9.17) is 0 Å². The lowest BCUT2D eigenvalue weighted by atomic mass is 10.1. The van der Waals surface area contributed by atoms with E-state index in [0.717, 1.165) is 11.1 Å². The first-order valence-corrected chi connectivity index (χ1v) is 5.60. The molecule has 0 radical (unpaired) electrons. The SMILES string of the molecule is Cc1cnccc1CNC(=O)C1CNC(=O)C1. The molecule has 0 spiro atoms. The van der Waals surface area contributed by atoms with Gasteiger partial charge in [0, 0.05) is 31.9 Å². The summed E-state index contributed by atoms with van der Waals surface area (Å²) in [5.74, 6) is -0.352. The largest absolute Gasteiger partial charge is 0.355 e. The van der Waals surface area contributed by atoms with Gasteiger partial charge < -0.3 is 10.6 Å². The van der Waals surface area contributed by atoms with E-state index < -0.39 is 0 Å². The number of nitrogens with one attached hydrogen (secondary N) is 2. The second-order valence-electron chi connectivity index (χ2n) is 4.23. The van der Waals surface area contributed by atoms with Crippen LogP contribution in [0.4, 0.5) is 0 Å². The van der Waals surface area contributed by atoms with Gasteiger partial charge in [0.1, 0.15) is 0 Å². The van der Waals surface area contributed by atoms with E-state index in [1.54, 1.807) is 12.4 Å². The summed E-state index contributed by atoms with van der Waals surface area (Å²) >= 11 is 0. The van der Waals surface area contributed by atoms with Gasteiger partial charge in [-0.15, -0.1) is 0 Å². The highest BCUT2D eigenvalue weighted by Crippen LogP contribution is 2.10. The van der Waals surface area contributed by atoms with Crippen LogP contribution in [0.15, 0.2) is 18.5 Å². The lowest BCUT2D eigenvalue weighted by molar-refractivity contribution is -0.126. The normalized spacial score (nSPS) is 18.9. The molecule has 1 unspecified atom stereocenters. The number of amides is 2. The van der Waals surface area contributed by atoms with Crippen LogP contribution in [0.5, 0.6) is 0 Å². The number of nitrogens with zero attached hydrogens (tertiary/aromatic N) is 1. The molecular formula is C12H15N3O2. The van der Waals surface area contributed by atoms with Gasteiger partial charge in [-0.3, -0.25) is 14.6 Å². The molecule has 2 amide bonds. The first-order valence-electron chi connectivity index (χ1n) is 5.60. The Balaban J connectivity index is 1.88. The number of carbonyl (C=O) groups excluding carboxylic acids is 2. The Morgan fingerprint density at radius 3 is 3.12 bits per heavy atom. The minimum Gasteiger partial charge on any atom is -0.355 e. The molecule has 2 heterocycles. The lowest BCUT2D eigenvalue weighted by Gasteiger charge is -2.10. The fraction of sp³-hybridized carbons (Fsp3) is 0.417. The summed E-state index contributed by atoms with van der Waals surface area (Å²) in [6.07, 6.45) is 3.76. The van der Waals surface area contributed by atoms with Crippen LogP contribution in [-0.2, 0) is 16.1 Å². The maximum absolute atomic E-state index is 11.8. The van der Waals surface area contributed by atoms with Crippen molar-refractivity contribution in [3.05, 3.63) is 29.6 Å². The molecule has 1 saturated heterocycles. The molecular weight excluding hydrogens is 218 g/mol. The molecule has 1 aliphatic rings. The predicted molar refractivity (Wildman–Crippen MR) is 61.9 cm³/mol. The third kappa shape index (κ3) is 2.81. The van der Waals surface area contributed by atoms with Crippen LogP contribution in [0.25, 0.3) is 0 Å². The van der Waals surface area contributed by atoms with E-state index in [1.165, 1.54) is 0 Å². The quantitative estimate of drug-likeness (QED) is 0.780. The highest BCUT2D eigenvalue weighted by Gasteiger charge is 2.27. The van der Waals surface area contributed by atoms with Gasteiger partial charge >= 0.3 is 0 Å². The number of aromatic nitrogens is 1. The first-order chi connectivity index (χ1) is 8.16. The number of aryl methyl sites for hydroxylation is 1. The Labute approximate surface area is 99.6 Å². The molecule has 2 N–H and O–H groups in total. The van der Waals surface area contributed by atoms with Crippen LogP contribution in [0.1, 0.15) is 17.5 Å². The Kier molecular flexibility index (Phi) is 3.37. The Bertz CT molecular complexity index is 445. The van der Waals surface area contributed by atoms with Crippen molar-refractivity contribution >= 4 is 11.8 Å². The fourth-order valence-corrected chi connectivity index (χ4v) is 1.82. The van der Waals surface area contributed by atoms with Crippen LogP contribution in [0.2, 0.25) is 0 Å². The van der Waals surface area contributed by atoms with Crippen molar-refractivity contribution in [1.29, 1.82) is 0 Å². The van der Waals surface area contributed by atoms with E-state index in [2.05, 4.69) is 15.6 Å². The number of rotatable bonds is 3. The summed E-state index contributed by atoms with van der Waals surface area (Å²) in [6, 6.07) is 1.88. The monoisotopic (exact) mass is 233 g/mol. The number of carbonyl (C=O) groups is 2. The standard InChI is InChI=1S/C12H15N3O2/c1-8-5-13-3-2-9(8)6-15-12(17)10-4-11(16)14-7-10/h2-3,5,10H,4,6-7H2,1H3,(H,14,16)(H,15,17). The van der Waals surface area contributed by atoms with Gasteiger partial charge in [0.25, 0.3) is 0 Å². The van der Waals surface area contributed by atoms with Gasteiger partial charge in [-0.1, -0.05) is 0 Å². The van der Waals surface area contributed by atoms with Crippen LogP contribution in [-0.4, -0.2) is 23.3 Å². The van der Waals surface area contributed by atoms with Gasteiger partial charge in [0.2, 0.25) is 11.8 Å². The van der Waals surface area contributed by atoms with Crippen LogP contribution < -0.4 is 10.6 Å². The molecule has 1 aromatic rings. The summed E-state index contributed by atoms with van der Waals surface area (Å²) < 4.78 is 0. The van der Waals surface area contributed by atoms with Crippen molar-refractivity contribution < 1.29 is 9.59 Å².